The zero-order chi connectivity index (χ0) is 15.1. The molecule has 4 nitrogen and oxygen atoms in total. The number of benzene rings is 1. The van der Waals surface area contributed by atoms with Crippen molar-refractivity contribution in [1.82, 2.24) is 4.90 Å². The van der Waals surface area contributed by atoms with Crippen LogP contribution in [-0.2, 0) is 0 Å². The van der Waals surface area contributed by atoms with Crippen LogP contribution in [0.1, 0.15) is 58.5 Å². The Bertz CT molecular complexity index is 533. The molecule has 0 saturated heterocycles. The van der Waals surface area contributed by atoms with E-state index in [2.05, 4.69) is 0 Å². The number of carbonyl (C=O) groups excluding carboxylic acids is 2. The predicted molar refractivity (Wildman–Crippen MR) is 78.8 cm³/mol. The molecule has 0 atom stereocenters. The number of nitrogens with two attached hydrogens (primary N) is 1. The summed E-state index contributed by atoms with van der Waals surface area (Å²) in [5.74, 6) is -0.411. The highest BCUT2D eigenvalue weighted by atomic mass is 16.2. The molecule has 4 heteroatoms. The molecule has 1 aliphatic heterocycles. The van der Waals surface area contributed by atoms with Gasteiger partial charge in [-0.2, -0.15) is 0 Å². The first kappa shape index (κ1) is 14.7. The van der Waals surface area contributed by atoms with Crippen molar-refractivity contribution in [2.24, 2.45) is 5.73 Å². The van der Waals surface area contributed by atoms with Crippen LogP contribution in [0.2, 0.25) is 0 Å². The summed E-state index contributed by atoms with van der Waals surface area (Å²) in [6.07, 6.45) is 1.46. The van der Waals surface area contributed by atoms with Gasteiger partial charge in [0.2, 0.25) is 0 Å². The third kappa shape index (κ3) is 2.14. The van der Waals surface area contributed by atoms with Crippen LogP contribution in [-0.4, -0.2) is 28.8 Å². The molecule has 1 aromatic carbocycles. The van der Waals surface area contributed by atoms with E-state index in [1.54, 1.807) is 0 Å². The van der Waals surface area contributed by atoms with Gasteiger partial charge in [0.05, 0.1) is 11.1 Å². The fourth-order valence-corrected chi connectivity index (χ4v) is 2.66. The van der Waals surface area contributed by atoms with E-state index in [9.17, 15) is 9.59 Å². The summed E-state index contributed by atoms with van der Waals surface area (Å²) in [5.41, 5.74) is 8.55. The normalized spacial score (nSPS) is 14.9. The molecule has 2 rings (SSSR count). The molecule has 108 valence electrons. The first-order valence-corrected chi connectivity index (χ1v) is 7.10. The molecule has 20 heavy (non-hydrogen) atoms. The number of hydrogen-bond donors (Lipinski definition) is 1. The lowest BCUT2D eigenvalue weighted by Crippen LogP contribution is -2.51. The number of rotatable bonds is 4. The highest BCUT2D eigenvalue weighted by Crippen LogP contribution is 2.30. The minimum absolute atomic E-state index is 0.206. The van der Waals surface area contributed by atoms with Gasteiger partial charge in [0.1, 0.15) is 0 Å². The van der Waals surface area contributed by atoms with Crippen LogP contribution in [0, 0.1) is 13.8 Å². The van der Waals surface area contributed by atoms with Gasteiger partial charge in [0, 0.05) is 12.1 Å². The molecule has 0 fully saturated rings. The molecule has 0 spiro atoms. The second kappa shape index (κ2) is 5.02. The monoisotopic (exact) mass is 274 g/mol. The van der Waals surface area contributed by atoms with Gasteiger partial charge in [-0.3, -0.25) is 14.5 Å². The summed E-state index contributed by atoms with van der Waals surface area (Å²) < 4.78 is 0. The molecule has 2 amide bonds. The third-order valence-corrected chi connectivity index (χ3v) is 4.42. The molecule has 0 radical (unpaired) electrons. The molecule has 0 saturated carbocycles. The average molecular weight is 274 g/mol. The molecule has 1 aliphatic rings. The third-order valence-electron chi connectivity index (χ3n) is 4.42. The van der Waals surface area contributed by atoms with Gasteiger partial charge >= 0.3 is 0 Å². The van der Waals surface area contributed by atoms with Crippen LogP contribution in [0.4, 0.5) is 0 Å². The van der Waals surface area contributed by atoms with Crippen molar-refractivity contribution in [2.45, 2.75) is 46.1 Å². The topological polar surface area (TPSA) is 63.4 Å². The Labute approximate surface area is 119 Å². The average Bonchev–Trinajstić information content (AvgIpc) is 2.68. The van der Waals surface area contributed by atoms with Crippen molar-refractivity contribution in [2.75, 3.05) is 6.54 Å². The van der Waals surface area contributed by atoms with Gasteiger partial charge in [-0.05, 0) is 37.8 Å². The number of imide groups is 1. The van der Waals surface area contributed by atoms with E-state index in [1.165, 1.54) is 4.90 Å². The molecule has 1 heterocycles. The van der Waals surface area contributed by atoms with Gasteiger partial charge in [0.15, 0.2) is 0 Å². The Kier molecular flexibility index (Phi) is 3.69. The summed E-state index contributed by atoms with van der Waals surface area (Å²) in [5, 5.41) is 0. The van der Waals surface area contributed by atoms with Gasteiger partial charge in [-0.1, -0.05) is 26.0 Å². The Morgan fingerprint density at radius 3 is 1.75 bits per heavy atom. The van der Waals surface area contributed by atoms with E-state index in [-0.39, 0.29) is 18.4 Å². The van der Waals surface area contributed by atoms with Crippen molar-refractivity contribution >= 4 is 11.8 Å². The Hall–Kier alpha value is -1.68. The maximum atomic E-state index is 12.5. The zero-order valence-electron chi connectivity index (χ0n) is 12.6. The molecule has 0 unspecified atom stereocenters. The number of nitrogens with zero attached hydrogens (tertiary/aromatic N) is 1. The molecule has 0 aromatic heterocycles. The lowest BCUT2D eigenvalue weighted by atomic mass is 9.93. The Balaban J connectivity index is 2.43. The Morgan fingerprint density at radius 2 is 1.40 bits per heavy atom. The highest BCUT2D eigenvalue weighted by molar-refractivity contribution is 6.22. The van der Waals surface area contributed by atoms with Crippen LogP contribution in [0.15, 0.2) is 12.1 Å². The quantitative estimate of drug-likeness (QED) is 0.858. The summed E-state index contributed by atoms with van der Waals surface area (Å²) in [6, 6.07) is 3.77. The van der Waals surface area contributed by atoms with Crippen LogP contribution in [0.25, 0.3) is 0 Å². The summed E-state index contributed by atoms with van der Waals surface area (Å²) in [6.45, 7) is 7.98. The van der Waals surface area contributed by atoms with Crippen LogP contribution in [0.5, 0.6) is 0 Å². The van der Waals surface area contributed by atoms with Crippen LogP contribution in [0.3, 0.4) is 0 Å². The standard InChI is InChI=1S/C16H22N2O2/c1-5-16(17,6-2)9-18-14(19)12-10(3)7-8-11(4)13(12)15(18)20/h7-8H,5-6,9,17H2,1-4H3. The van der Waals surface area contributed by atoms with Gasteiger partial charge < -0.3 is 5.73 Å². The second-order valence-electron chi connectivity index (χ2n) is 5.72. The van der Waals surface area contributed by atoms with E-state index < -0.39 is 5.54 Å². The summed E-state index contributed by atoms with van der Waals surface area (Å²) in [4.78, 5) is 26.4. The van der Waals surface area contributed by atoms with Crippen LogP contribution >= 0.6 is 0 Å². The van der Waals surface area contributed by atoms with E-state index in [1.807, 2.05) is 39.8 Å². The molecular weight excluding hydrogens is 252 g/mol. The SMILES string of the molecule is CCC(N)(CC)CN1C(=O)c2c(C)ccc(C)c2C1=O. The summed E-state index contributed by atoms with van der Waals surface area (Å²) >= 11 is 0. The number of hydrogen-bond acceptors (Lipinski definition) is 3. The van der Waals surface area contributed by atoms with E-state index >= 15 is 0 Å². The van der Waals surface area contributed by atoms with Crippen molar-refractivity contribution in [1.29, 1.82) is 0 Å². The molecule has 1 aromatic rings. The fourth-order valence-electron chi connectivity index (χ4n) is 2.66. The number of amides is 2. The maximum Gasteiger partial charge on any atom is 0.261 e. The molecule has 0 bridgehead atoms. The second-order valence-corrected chi connectivity index (χ2v) is 5.72. The van der Waals surface area contributed by atoms with E-state index in [0.717, 1.165) is 24.0 Å². The zero-order valence-corrected chi connectivity index (χ0v) is 12.6. The molecule has 0 aliphatic carbocycles. The van der Waals surface area contributed by atoms with Crippen molar-refractivity contribution in [3.8, 4) is 0 Å². The fraction of sp³-hybridized carbons (Fsp3) is 0.500. The lowest BCUT2D eigenvalue weighted by Gasteiger charge is -2.30. The number of fused-ring (bicyclic) bond motifs is 1. The molecular formula is C16H22N2O2. The minimum Gasteiger partial charge on any atom is -0.324 e. The summed E-state index contributed by atoms with van der Waals surface area (Å²) in [7, 11) is 0. The predicted octanol–water partition coefficient (Wildman–Crippen LogP) is 2.42. The first-order chi connectivity index (χ1) is 9.34. The van der Waals surface area contributed by atoms with Gasteiger partial charge in [-0.25, -0.2) is 0 Å². The van der Waals surface area contributed by atoms with E-state index in [4.69, 9.17) is 5.73 Å². The van der Waals surface area contributed by atoms with Crippen LogP contribution < -0.4 is 5.73 Å². The van der Waals surface area contributed by atoms with Crippen molar-refractivity contribution in [3.63, 3.8) is 0 Å². The smallest absolute Gasteiger partial charge is 0.261 e. The maximum absolute atomic E-state index is 12.5. The lowest BCUT2D eigenvalue weighted by molar-refractivity contribution is 0.0611. The van der Waals surface area contributed by atoms with Crippen molar-refractivity contribution < 1.29 is 9.59 Å². The Morgan fingerprint density at radius 1 is 1.00 bits per heavy atom. The van der Waals surface area contributed by atoms with Crippen molar-refractivity contribution in [3.05, 3.63) is 34.4 Å². The minimum atomic E-state index is -0.505. The van der Waals surface area contributed by atoms with Gasteiger partial charge in [0.25, 0.3) is 11.8 Å². The first-order valence-electron chi connectivity index (χ1n) is 7.10. The largest absolute Gasteiger partial charge is 0.324 e. The van der Waals surface area contributed by atoms with E-state index in [0.29, 0.717) is 11.1 Å². The number of carbonyl (C=O) groups is 2. The van der Waals surface area contributed by atoms with Gasteiger partial charge in [-0.15, -0.1) is 0 Å². The number of aryl methyl sites for hydroxylation is 2. The highest BCUT2D eigenvalue weighted by Gasteiger charge is 2.40. The molecule has 2 N–H and O–H groups in total.